The summed E-state index contributed by atoms with van der Waals surface area (Å²) < 4.78 is 1.81. The van der Waals surface area contributed by atoms with Gasteiger partial charge in [0.2, 0.25) is 0 Å². The fourth-order valence-electron chi connectivity index (χ4n) is 3.43. The average Bonchev–Trinajstić information content (AvgIpc) is 3.16. The monoisotopic (exact) mass is 376 g/mol. The van der Waals surface area contributed by atoms with Crippen LogP contribution in [0, 0.1) is 0 Å². The molecule has 144 valence electrons. The second-order valence-corrected chi connectivity index (χ2v) is 6.98. The lowest BCUT2D eigenvalue weighted by molar-refractivity contribution is 0.196. The number of pyridine rings is 1. The van der Waals surface area contributed by atoms with E-state index in [0.29, 0.717) is 18.9 Å². The SMILES string of the molecule is O=C(Nc1ccn(Cc2ccncc2)n1)N1CCC[C@@H](Nc2ccccc2)C1. The minimum atomic E-state index is -0.103. The van der Waals surface area contributed by atoms with Gasteiger partial charge in [-0.2, -0.15) is 5.10 Å². The van der Waals surface area contributed by atoms with Crippen LogP contribution >= 0.6 is 0 Å². The van der Waals surface area contributed by atoms with Crippen molar-refractivity contribution in [2.75, 3.05) is 23.7 Å². The van der Waals surface area contributed by atoms with E-state index in [1.54, 1.807) is 17.1 Å². The molecule has 1 fully saturated rings. The van der Waals surface area contributed by atoms with Crippen molar-refractivity contribution in [2.24, 2.45) is 0 Å². The highest BCUT2D eigenvalue weighted by atomic mass is 16.2. The number of likely N-dealkylation sites (tertiary alicyclic amines) is 1. The Morgan fingerprint density at radius 1 is 1.11 bits per heavy atom. The van der Waals surface area contributed by atoms with Crippen LogP contribution in [0.2, 0.25) is 0 Å². The quantitative estimate of drug-likeness (QED) is 0.715. The van der Waals surface area contributed by atoms with Crippen LogP contribution in [-0.4, -0.2) is 44.8 Å². The Morgan fingerprint density at radius 3 is 2.75 bits per heavy atom. The highest BCUT2D eigenvalue weighted by Gasteiger charge is 2.24. The van der Waals surface area contributed by atoms with E-state index in [9.17, 15) is 4.79 Å². The van der Waals surface area contributed by atoms with Crippen molar-refractivity contribution in [2.45, 2.75) is 25.4 Å². The summed E-state index contributed by atoms with van der Waals surface area (Å²) in [4.78, 5) is 18.5. The standard InChI is InChI=1S/C21H24N6O/c28-21(24-20-10-14-27(25-20)15-17-8-11-22-12-9-17)26-13-4-7-19(16-26)23-18-5-2-1-3-6-18/h1-3,5-6,8-12,14,19,23H,4,7,13,15-16H2,(H,24,25,28)/t19-/m1/s1. The maximum atomic E-state index is 12.7. The predicted molar refractivity (Wildman–Crippen MR) is 109 cm³/mol. The zero-order valence-electron chi connectivity index (χ0n) is 15.7. The Balaban J connectivity index is 1.32. The first-order chi connectivity index (χ1) is 13.8. The molecule has 28 heavy (non-hydrogen) atoms. The predicted octanol–water partition coefficient (Wildman–Crippen LogP) is 3.43. The van der Waals surface area contributed by atoms with Gasteiger partial charge in [-0.3, -0.25) is 15.0 Å². The van der Waals surface area contributed by atoms with E-state index in [0.717, 1.165) is 30.6 Å². The lowest BCUT2D eigenvalue weighted by atomic mass is 10.1. The van der Waals surface area contributed by atoms with Gasteiger partial charge in [-0.05, 0) is 42.7 Å². The third kappa shape index (κ3) is 4.68. The van der Waals surface area contributed by atoms with E-state index in [1.165, 1.54) is 0 Å². The number of urea groups is 1. The number of nitrogens with zero attached hydrogens (tertiary/aromatic N) is 4. The normalized spacial score (nSPS) is 16.6. The summed E-state index contributed by atoms with van der Waals surface area (Å²) in [6.45, 7) is 2.08. The molecule has 2 amide bonds. The summed E-state index contributed by atoms with van der Waals surface area (Å²) in [6, 6.07) is 16.0. The van der Waals surface area contributed by atoms with Crippen molar-refractivity contribution in [3.63, 3.8) is 0 Å². The van der Waals surface area contributed by atoms with Crippen LogP contribution in [0.15, 0.2) is 67.1 Å². The van der Waals surface area contributed by atoms with Crippen molar-refractivity contribution < 1.29 is 4.79 Å². The molecule has 3 heterocycles. The molecule has 7 nitrogen and oxygen atoms in total. The van der Waals surface area contributed by atoms with E-state index >= 15 is 0 Å². The van der Waals surface area contributed by atoms with Gasteiger partial charge >= 0.3 is 6.03 Å². The molecule has 1 aromatic carbocycles. The zero-order chi connectivity index (χ0) is 19.2. The van der Waals surface area contributed by atoms with Gasteiger partial charge in [-0.15, -0.1) is 0 Å². The Bertz CT molecular complexity index is 896. The molecule has 4 rings (SSSR count). The minimum Gasteiger partial charge on any atom is -0.381 e. The molecule has 1 aliphatic heterocycles. The topological polar surface area (TPSA) is 75.1 Å². The first kappa shape index (κ1) is 18.0. The van der Waals surface area contributed by atoms with E-state index in [-0.39, 0.29) is 12.1 Å². The van der Waals surface area contributed by atoms with Crippen LogP contribution in [0.25, 0.3) is 0 Å². The number of benzene rings is 1. The minimum absolute atomic E-state index is 0.103. The van der Waals surface area contributed by atoms with Gasteiger partial charge in [0.15, 0.2) is 5.82 Å². The lowest BCUT2D eigenvalue weighted by Crippen LogP contribution is -2.46. The fraction of sp³-hybridized carbons (Fsp3) is 0.286. The van der Waals surface area contributed by atoms with E-state index in [1.807, 2.05) is 47.5 Å². The van der Waals surface area contributed by atoms with Gasteiger partial charge in [0.05, 0.1) is 6.54 Å². The third-order valence-corrected chi connectivity index (χ3v) is 4.82. The molecule has 2 aromatic heterocycles. The van der Waals surface area contributed by atoms with Gasteiger partial charge in [0.25, 0.3) is 0 Å². The van der Waals surface area contributed by atoms with Gasteiger partial charge in [-0.25, -0.2) is 4.79 Å². The molecular formula is C21H24N6O. The van der Waals surface area contributed by atoms with Crippen LogP contribution < -0.4 is 10.6 Å². The van der Waals surface area contributed by atoms with E-state index < -0.39 is 0 Å². The fourth-order valence-corrected chi connectivity index (χ4v) is 3.43. The number of nitrogens with one attached hydrogen (secondary N) is 2. The van der Waals surface area contributed by atoms with E-state index in [4.69, 9.17) is 0 Å². The first-order valence-corrected chi connectivity index (χ1v) is 9.56. The molecule has 2 N–H and O–H groups in total. The summed E-state index contributed by atoms with van der Waals surface area (Å²) in [5.41, 5.74) is 2.20. The van der Waals surface area contributed by atoms with Gasteiger partial charge in [-0.1, -0.05) is 18.2 Å². The summed E-state index contributed by atoms with van der Waals surface area (Å²) in [6.07, 6.45) is 7.43. The molecule has 1 saturated heterocycles. The summed E-state index contributed by atoms with van der Waals surface area (Å²) in [7, 11) is 0. The number of hydrogen-bond acceptors (Lipinski definition) is 4. The molecule has 1 aliphatic rings. The maximum Gasteiger partial charge on any atom is 0.323 e. The largest absolute Gasteiger partial charge is 0.381 e. The maximum absolute atomic E-state index is 12.7. The molecule has 0 aliphatic carbocycles. The van der Waals surface area contributed by atoms with Crippen LogP contribution in [0.3, 0.4) is 0 Å². The summed E-state index contributed by atoms with van der Waals surface area (Å²) in [5, 5.41) is 10.9. The Morgan fingerprint density at radius 2 is 1.93 bits per heavy atom. The van der Waals surface area contributed by atoms with Gasteiger partial charge in [0, 0.05) is 49.5 Å². The van der Waals surface area contributed by atoms with Crippen molar-refractivity contribution >= 4 is 17.5 Å². The number of aromatic nitrogens is 3. The highest BCUT2D eigenvalue weighted by molar-refractivity contribution is 5.88. The number of carbonyl (C=O) groups excluding carboxylic acids is 1. The molecule has 0 saturated carbocycles. The summed E-state index contributed by atoms with van der Waals surface area (Å²) in [5.74, 6) is 0.567. The van der Waals surface area contributed by atoms with Crippen LogP contribution in [-0.2, 0) is 6.54 Å². The van der Waals surface area contributed by atoms with Crippen molar-refractivity contribution in [1.29, 1.82) is 0 Å². The van der Waals surface area contributed by atoms with Gasteiger partial charge in [0.1, 0.15) is 0 Å². The van der Waals surface area contributed by atoms with Crippen molar-refractivity contribution in [3.8, 4) is 0 Å². The molecule has 3 aromatic rings. The second kappa shape index (κ2) is 8.56. The van der Waals surface area contributed by atoms with Crippen LogP contribution in [0.1, 0.15) is 18.4 Å². The molecule has 0 bridgehead atoms. The van der Waals surface area contributed by atoms with Crippen LogP contribution in [0.4, 0.5) is 16.3 Å². The van der Waals surface area contributed by atoms with Crippen molar-refractivity contribution in [3.05, 3.63) is 72.7 Å². The average molecular weight is 376 g/mol. The number of hydrogen-bond donors (Lipinski definition) is 2. The number of rotatable bonds is 5. The Labute approximate surface area is 164 Å². The van der Waals surface area contributed by atoms with Crippen LogP contribution in [0.5, 0.6) is 0 Å². The smallest absolute Gasteiger partial charge is 0.323 e. The third-order valence-electron chi connectivity index (χ3n) is 4.82. The highest BCUT2D eigenvalue weighted by Crippen LogP contribution is 2.17. The number of para-hydroxylation sites is 1. The molecule has 1 atom stereocenters. The number of piperidine rings is 1. The Hall–Kier alpha value is -3.35. The lowest BCUT2D eigenvalue weighted by Gasteiger charge is -2.33. The molecule has 7 heteroatoms. The second-order valence-electron chi connectivity index (χ2n) is 6.98. The number of amides is 2. The molecule has 0 unspecified atom stereocenters. The molecule has 0 radical (unpaired) electrons. The van der Waals surface area contributed by atoms with E-state index in [2.05, 4.69) is 32.8 Å². The first-order valence-electron chi connectivity index (χ1n) is 9.56. The number of anilines is 2. The zero-order valence-corrected chi connectivity index (χ0v) is 15.7. The number of carbonyl (C=O) groups is 1. The van der Waals surface area contributed by atoms with Crippen molar-refractivity contribution in [1.82, 2.24) is 19.7 Å². The summed E-state index contributed by atoms with van der Waals surface area (Å²) >= 11 is 0. The molecular weight excluding hydrogens is 352 g/mol. The Kier molecular flexibility index (Phi) is 5.51. The van der Waals surface area contributed by atoms with Gasteiger partial charge < -0.3 is 10.2 Å². The molecule has 0 spiro atoms.